The Hall–Kier alpha value is -2.48. The van der Waals surface area contributed by atoms with E-state index in [1.165, 1.54) is 16.8 Å². The normalized spacial score (nSPS) is 11.3. The number of benzene rings is 2. The Bertz CT molecular complexity index is 699. The number of unbranched alkanes of at least 4 members (excludes halogenated alkanes) is 1. The van der Waals surface area contributed by atoms with Crippen LogP contribution in [0.15, 0.2) is 60.7 Å². The Morgan fingerprint density at radius 2 is 1.54 bits per heavy atom. The second kappa shape index (κ2) is 11.2. The number of hydrogen-bond acceptors (Lipinski definition) is 2. The van der Waals surface area contributed by atoms with Crippen LogP contribution in [0.1, 0.15) is 44.7 Å². The van der Waals surface area contributed by atoms with Gasteiger partial charge in [0.2, 0.25) is 0 Å². The molecule has 0 aliphatic rings. The molecular formula is C24H31NO. The largest absolute Gasteiger partial charge is 0.491 e. The van der Waals surface area contributed by atoms with Crippen molar-refractivity contribution in [3.8, 4) is 5.75 Å². The van der Waals surface area contributed by atoms with E-state index in [0.717, 1.165) is 38.3 Å². The van der Waals surface area contributed by atoms with Crippen molar-refractivity contribution in [2.24, 2.45) is 0 Å². The summed E-state index contributed by atoms with van der Waals surface area (Å²) in [4.78, 5) is 2.35. The van der Waals surface area contributed by atoms with Crippen LogP contribution in [0.2, 0.25) is 0 Å². The van der Waals surface area contributed by atoms with Gasteiger partial charge >= 0.3 is 0 Å². The van der Waals surface area contributed by atoms with Gasteiger partial charge in [0.15, 0.2) is 0 Å². The van der Waals surface area contributed by atoms with E-state index in [2.05, 4.69) is 92.4 Å². The number of allylic oxidation sites excluding steroid dienone is 2. The molecule has 0 spiro atoms. The van der Waals surface area contributed by atoms with Crippen LogP contribution in [0.3, 0.4) is 0 Å². The summed E-state index contributed by atoms with van der Waals surface area (Å²) in [6, 6.07) is 16.8. The van der Waals surface area contributed by atoms with E-state index in [4.69, 9.17) is 4.74 Å². The predicted molar refractivity (Wildman–Crippen MR) is 115 cm³/mol. The molecule has 0 saturated carbocycles. The molecule has 0 unspecified atom stereocenters. The van der Waals surface area contributed by atoms with E-state index < -0.39 is 0 Å². The van der Waals surface area contributed by atoms with Crippen molar-refractivity contribution in [2.75, 3.05) is 24.6 Å². The molecule has 2 nitrogen and oxygen atoms in total. The van der Waals surface area contributed by atoms with Crippen LogP contribution >= 0.6 is 0 Å². The third kappa shape index (κ3) is 6.11. The highest BCUT2D eigenvalue weighted by Gasteiger charge is 2.10. The molecule has 2 aromatic rings. The number of anilines is 1. The van der Waals surface area contributed by atoms with Crippen molar-refractivity contribution in [1.82, 2.24) is 0 Å². The topological polar surface area (TPSA) is 12.5 Å². The number of nitrogens with zero attached hydrogens (tertiary/aromatic N) is 1. The van der Waals surface area contributed by atoms with Gasteiger partial charge in [0.1, 0.15) is 5.75 Å². The van der Waals surface area contributed by atoms with Gasteiger partial charge in [-0.25, -0.2) is 0 Å². The van der Waals surface area contributed by atoms with E-state index in [1.54, 1.807) is 0 Å². The lowest BCUT2D eigenvalue weighted by atomic mass is 10.1. The van der Waals surface area contributed by atoms with Crippen molar-refractivity contribution >= 4 is 17.8 Å². The maximum Gasteiger partial charge on any atom is 0.142 e. The van der Waals surface area contributed by atoms with Gasteiger partial charge in [-0.2, -0.15) is 0 Å². The summed E-state index contributed by atoms with van der Waals surface area (Å²) in [5, 5.41) is 0. The molecule has 0 atom stereocenters. The summed E-state index contributed by atoms with van der Waals surface area (Å²) >= 11 is 0. The van der Waals surface area contributed by atoms with E-state index in [0.29, 0.717) is 0 Å². The summed E-state index contributed by atoms with van der Waals surface area (Å²) in [6.45, 7) is 9.28. The average molecular weight is 350 g/mol. The van der Waals surface area contributed by atoms with Gasteiger partial charge in [0.25, 0.3) is 0 Å². The molecular weight excluding hydrogens is 318 g/mol. The standard InChI is InChI=1S/C24H31NO/c1-4-7-19-26-24-18-17-22(20-23(24)25(5-2)6-3)16-12-11-15-21-13-9-8-10-14-21/h8-18,20H,4-7,19H2,1-3H3/b15-11+,16-12+. The highest BCUT2D eigenvalue weighted by atomic mass is 16.5. The van der Waals surface area contributed by atoms with Crippen LogP contribution in [0, 0.1) is 0 Å². The molecule has 0 N–H and O–H groups in total. The summed E-state index contributed by atoms with van der Waals surface area (Å²) in [7, 11) is 0. The molecule has 0 aromatic heterocycles. The van der Waals surface area contributed by atoms with Crippen LogP contribution in [0.4, 0.5) is 5.69 Å². The minimum atomic E-state index is 0.778. The van der Waals surface area contributed by atoms with Crippen LogP contribution in [0.25, 0.3) is 12.2 Å². The van der Waals surface area contributed by atoms with E-state index in [9.17, 15) is 0 Å². The summed E-state index contributed by atoms with van der Waals surface area (Å²) in [5.41, 5.74) is 3.58. The Kier molecular flexibility index (Phi) is 8.54. The SMILES string of the molecule is CCCCOc1ccc(/C=C/C=C/c2ccccc2)cc1N(CC)CC. The Morgan fingerprint density at radius 3 is 2.19 bits per heavy atom. The molecule has 0 radical (unpaired) electrons. The lowest BCUT2D eigenvalue weighted by Crippen LogP contribution is -2.22. The van der Waals surface area contributed by atoms with Crippen LogP contribution < -0.4 is 9.64 Å². The van der Waals surface area contributed by atoms with Crippen molar-refractivity contribution in [3.05, 3.63) is 71.8 Å². The molecule has 0 aliphatic heterocycles. The third-order valence-electron chi connectivity index (χ3n) is 4.33. The van der Waals surface area contributed by atoms with Gasteiger partial charge in [-0.1, -0.05) is 74.0 Å². The monoisotopic (exact) mass is 349 g/mol. The predicted octanol–water partition coefficient (Wildman–Crippen LogP) is 6.44. The average Bonchev–Trinajstić information content (AvgIpc) is 2.68. The van der Waals surface area contributed by atoms with Crippen molar-refractivity contribution in [1.29, 1.82) is 0 Å². The fourth-order valence-electron chi connectivity index (χ4n) is 2.80. The molecule has 0 heterocycles. The summed E-state index contributed by atoms with van der Waals surface area (Å²) in [5.74, 6) is 0.985. The first-order chi connectivity index (χ1) is 12.8. The van der Waals surface area contributed by atoms with Gasteiger partial charge in [0, 0.05) is 13.1 Å². The minimum absolute atomic E-state index is 0.778. The fourth-order valence-corrected chi connectivity index (χ4v) is 2.80. The van der Waals surface area contributed by atoms with Crippen molar-refractivity contribution in [3.63, 3.8) is 0 Å². The second-order valence-corrected chi connectivity index (χ2v) is 6.23. The van der Waals surface area contributed by atoms with E-state index in [1.807, 2.05) is 6.07 Å². The lowest BCUT2D eigenvalue weighted by Gasteiger charge is -2.24. The molecule has 0 saturated heterocycles. The first kappa shape index (κ1) is 19.8. The van der Waals surface area contributed by atoms with Gasteiger partial charge in [-0.15, -0.1) is 0 Å². The third-order valence-corrected chi connectivity index (χ3v) is 4.33. The van der Waals surface area contributed by atoms with Crippen molar-refractivity contribution < 1.29 is 4.74 Å². The van der Waals surface area contributed by atoms with E-state index >= 15 is 0 Å². The molecule has 0 aliphatic carbocycles. The molecule has 2 aromatic carbocycles. The van der Waals surface area contributed by atoms with Gasteiger partial charge in [-0.3, -0.25) is 0 Å². The maximum atomic E-state index is 6.02. The van der Waals surface area contributed by atoms with Crippen LogP contribution in [0.5, 0.6) is 5.75 Å². The van der Waals surface area contributed by atoms with Crippen molar-refractivity contribution in [2.45, 2.75) is 33.6 Å². The van der Waals surface area contributed by atoms with E-state index in [-0.39, 0.29) is 0 Å². The molecule has 138 valence electrons. The number of hydrogen-bond donors (Lipinski definition) is 0. The molecule has 2 rings (SSSR count). The lowest BCUT2D eigenvalue weighted by molar-refractivity contribution is 0.309. The molecule has 26 heavy (non-hydrogen) atoms. The minimum Gasteiger partial charge on any atom is -0.491 e. The van der Waals surface area contributed by atoms with Crippen LogP contribution in [-0.4, -0.2) is 19.7 Å². The van der Waals surface area contributed by atoms with Gasteiger partial charge in [0.05, 0.1) is 12.3 Å². The highest BCUT2D eigenvalue weighted by Crippen LogP contribution is 2.30. The van der Waals surface area contributed by atoms with Crippen LogP contribution in [-0.2, 0) is 0 Å². The fraction of sp³-hybridized carbons (Fsp3) is 0.333. The zero-order chi connectivity index (χ0) is 18.6. The zero-order valence-electron chi connectivity index (χ0n) is 16.3. The molecule has 2 heteroatoms. The second-order valence-electron chi connectivity index (χ2n) is 6.23. The maximum absolute atomic E-state index is 6.02. The first-order valence-electron chi connectivity index (χ1n) is 9.70. The Balaban J connectivity index is 2.14. The molecule has 0 bridgehead atoms. The summed E-state index contributed by atoms with van der Waals surface area (Å²) < 4.78 is 6.02. The zero-order valence-corrected chi connectivity index (χ0v) is 16.3. The smallest absolute Gasteiger partial charge is 0.142 e. The van der Waals surface area contributed by atoms with Gasteiger partial charge < -0.3 is 9.64 Å². The molecule has 0 fully saturated rings. The Labute approximate surface area is 158 Å². The number of ether oxygens (including phenoxy) is 1. The highest BCUT2D eigenvalue weighted by molar-refractivity contribution is 5.66. The van der Waals surface area contributed by atoms with Gasteiger partial charge in [-0.05, 0) is 43.5 Å². The quantitative estimate of drug-likeness (QED) is 0.361. The first-order valence-corrected chi connectivity index (χ1v) is 9.70. The summed E-state index contributed by atoms with van der Waals surface area (Å²) in [6.07, 6.45) is 10.7. The molecule has 0 amide bonds. The Morgan fingerprint density at radius 1 is 0.846 bits per heavy atom. The number of rotatable bonds is 10.